The van der Waals surface area contributed by atoms with Gasteiger partial charge in [-0.1, -0.05) is 35.9 Å². The summed E-state index contributed by atoms with van der Waals surface area (Å²) in [6, 6.07) is 20.2. The largest absolute Gasteiger partial charge is 0.497 e. The summed E-state index contributed by atoms with van der Waals surface area (Å²) in [4.78, 5) is 17.6. The number of aromatic nitrogens is 3. The Morgan fingerprint density at radius 3 is 2.53 bits per heavy atom. The van der Waals surface area contributed by atoms with Gasteiger partial charge in [0.1, 0.15) is 11.5 Å². The first-order valence-electron chi connectivity index (χ1n) is 9.82. The number of methoxy groups -OCH3 is 2. The van der Waals surface area contributed by atoms with Crippen LogP contribution in [0.5, 0.6) is 11.5 Å². The van der Waals surface area contributed by atoms with Crippen LogP contribution in [-0.2, 0) is 0 Å². The monoisotopic (exact) mass is 448 g/mol. The highest BCUT2D eigenvalue weighted by Crippen LogP contribution is 2.30. The van der Waals surface area contributed by atoms with Gasteiger partial charge in [0.25, 0.3) is 5.91 Å². The van der Waals surface area contributed by atoms with Gasteiger partial charge in [-0.05, 0) is 48.9 Å². The van der Waals surface area contributed by atoms with Gasteiger partial charge >= 0.3 is 0 Å². The standard InChI is InChI=1S/C24H21ClN4O3/c1-15-6-4-9-18(12-15)29-23(16-7-5-8-17(25)13-16)27-22(28-29)24(30)26-20-14-19(31-2)10-11-21(20)32-3/h4-14H,1-3H3,(H,26,30). The van der Waals surface area contributed by atoms with Gasteiger partial charge in [-0.25, -0.2) is 9.67 Å². The molecule has 3 aromatic carbocycles. The van der Waals surface area contributed by atoms with Gasteiger partial charge in [0, 0.05) is 16.7 Å². The number of ether oxygens (including phenoxy) is 2. The van der Waals surface area contributed by atoms with Crippen molar-refractivity contribution in [3.05, 3.63) is 83.1 Å². The maximum Gasteiger partial charge on any atom is 0.295 e. The van der Waals surface area contributed by atoms with Crippen LogP contribution in [0.25, 0.3) is 17.1 Å². The predicted octanol–water partition coefficient (Wildman–Crippen LogP) is 5.17. The van der Waals surface area contributed by atoms with E-state index in [1.165, 1.54) is 7.11 Å². The number of aryl methyl sites for hydroxylation is 1. The van der Waals surface area contributed by atoms with Crippen molar-refractivity contribution in [2.75, 3.05) is 19.5 Å². The van der Waals surface area contributed by atoms with Crippen molar-refractivity contribution in [3.63, 3.8) is 0 Å². The molecule has 0 aliphatic rings. The maximum atomic E-state index is 13.1. The summed E-state index contributed by atoms with van der Waals surface area (Å²) in [6.07, 6.45) is 0. The van der Waals surface area contributed by atoms with Crippen LogP contribution < -0.4 is 14.8 Å². The third kappa shape index (κ3) is 4.43. The third-order valence-electron chi connectivity index (χ3n) is 4.79. The van der Waals surface area contributed by atoms with Crippen LogP contribution in [0, 0.1) is 6.92 Å². The van der Waals surface area contributed by atoms with Crippen molar-refractivity contribution >= 4 is 23.2 Å². The Labute approximate surface area is 190 Å². The lowest BCUT2D eigenvalue weighted by molar-refractivity contribution is 0.101. The summed E-state index contributed by atoms with van der Waals surface area (Å²) >= 11 is 6.19. The van der Waals surface area contributed by atoms with E-state index in [9.17, 15) is 4.79 Å². The molecule has 0 spiro atoms. The molecule has 1 amide bonds. The Morgan fingerprint density at radius 1 is 1.00 bits per heavy atom. The van der Waals surface area contributed by atoms with Gasteiger partial charge in [0.2, 0.25) is 5.82 Å². The van der Waals surface area contributed by atoms with E-state index < -0.39 is 5.91 Å². The van der Waals surface area contributed by atoms with E-state index in [1.54, 1.807) is 42.1 Å². The molecule has 4 aromatic rings. The number of nitrogens with zero attached hydrogens (tertiary/aromatic N) is 3. The second kappa shape index (κ2) is 9.11. The van der Waals surface area contributed by atoms with Crippen LogP contribution in [0.2, 0.25) is 5.02 Å². The van der Waals surface area contributed by atoms with Crippen molar-refractivity contribution in [1.82, 2.24) is 14.8 Å². The summed E-state index contributed by atoms with van der Waals surface area (Å²) in [5, 5.41) is 7.87. The summed E-state index contributed by atoms with van der Waals surface area (Å²) in [6.45, 7) is 1.99. The highest BCUT2D eigenvalue weighted by Gasteiger charge is 2.20. The highest BCUT2D eigenvalue weighted by molar-refractivity contribution is 6.30. The zero-order valence-electron chi connectivity index (χ0n) is 17.8. The highest BCUT2D eigenvalue weighted by atomic mass is 35.5. The van der Waals surface area contributed by atoms with Gasteiger partial charge < -0.3 is 14.8 Å². The molecule has 0 atom stereocenters. The quantitative estimate of drug-likeness (QED) is 0.440. The molecule has 4 rings (SSSR count). The number of halogens is 1. The van der Waals surface area contributed by atoms with Crippen molar-refractivity contribution in [1.29, 1.82) is 0 Å². The lowest BCUT2D eigenvalue weighted by Gasteiger charge is -2.10. The molecule has 1 aromatic heterocycles. The lowest BCUT2D eigenvalue weighted by atomic mass is 10.2. The zero-order valence-corrected chi connectivity index (χ0v) is 18.6. The van der Waals surface area contributed by atoms with Gasteiger partial charge in [0.05, 0.1) is 25.6 Å². The lowest BCUT2D eigenvalue weighted by Crippen LogP contribution is -2.15. The Morgan fingerprint density at radius 2 is 1.81 bits per heavy atom. The van der Waals surface area contributed by atoms with Crippen LogP contribution in [0.4, 0.5) is 5.69 Å². The number of anilines is 1. The molecule has 1 heterocycles. The minimum absolute atomic E-state index is 0.00588. The molecule has 0 aliphatic carbocycles. The third-order valence-corrected chi connectivity index (χ3v) is 5.03. The van der Waals surface area contributed by atoms with Gasteiger partial charge in [-0.15, -0.1) is 5.10 Å². The van der Waals surface area contributed by atoms with Crippen LogP contribution in [0.3, 0.4) is 0 Å². The van der Waals surface area contributed by atoms with E-state index in [1.807, 2.05) is 43.3 Å². The van der Waals surface area contributed by atoms with E-state index in [2.05, 4.69) is 15.4 Å². The number of benzene rings is 3. The Kier molecular flexibility index (Phi) is 6.09. The first-order valence-corrected chi connectivity index (χ1v) is 10.2. The van der Waals surface area contributed by atoms with E-state index in [0.29, 0.717) is 28.0 Å². The van der Waals surface area contributed by atoms with Crippen LogP contribution >= 0.6 is 11.6 Å². The molecule has 0 radical (unpaired) electrons. The van der Waals surface area contributed by atoms with Crippen molar-refractivity contribution in [2.45, 2.75) is 6.92 Å². The van der Waals surface area contributed by atoms with Crippen molar-refractivity contribution in [3.8, 4) is 28.6 Å². The molecule has 0 unspecified atom stereocenters. The average molecular weight is 449 g/mol. The molecule has 0 saturated heterocycles. The predicted molar refractivity (Wildman–Crippen MR) is 124 cm³/mol. The fourth-order valence-electron chi connectivity index (χ4n) is 3.25. The molecule has 0 fully saturated rings. The SMILES string of the molecule is COc1ccc(OC)c(NC(=O)c2nc(-c3cccc(Cl)c3)n(-c3cccc(C)c3)n2)c1. The summed E-state index contributed by atoms with van der Waals surface area (Å²) in [5.41, 5.74) is 3.03. The molecule has 0 bridgehead atoms. The number of carbonyl (C=O) groups is 1. The molecule has 7 nitrogen and oxygen atoms in total. The van der Waals surface area contributed by atoms with Crippen LogP contribution in [0.15, 0.2) is 66.7 Å². The number of rotatable bonds is 6. The Hall–Kier alpha value is -3.84. The number of hydrogen-bond donors (Lipinski definition) is 1. The topological polar surface area (TPSA) is 78.3 Å². The molecule has 8 heteroatoms. The molecular formula is C24H21ClN4O3. The molecule has 32 heavy (non-hydrogen) atoms. The minimum atomic E-state index is -0.480. The summed E-state index contributed by atoms with van der Waals surface area (Å²) in [7, 11) is 3.08. The zero-order chi connectivity index (χ0) is 22.7. The van der Waals surface area contributed by atoms with E-state index in [-0.39, 0.29) is 5.82 Å². The number of amides is 1. The average Bonchev–Trinajstić information content (AvgIpc) is 3.25. The maximum absolute atomic E-state index is 13.1. The summed E-state index contributed by atoms with van der Waals surface area (Å²) in [5.74, 6) is 1.10. The van der Waals surface area contributed by atoms with E-state index in [0.717, 1.165) is 16.8 Å². The van der Waals surface area contributed by atoms with Crippen LogP contribution in [0.1, 0.15) is 16.2 Å². The second-order valence-electron chi connectivity index (χ2n) is 7.04. The normalized spacial score (nSPS) is 10.6. The Bertz CT molecular complexity index is 1220. The first kappa shape index (κ1) is 21.4. The fourth-order valence-corrected chi connectivity index (χ4v) is 3.44. The Balaban J connectivity index is 1.77. The van der Waals surface area contributed by atoms with Gasteiger partial charge in [-0.2, -0.15) is 0 Å². The minimum Gasteiger partial charge on any atom is -0.497 e. The molecule has 0 saturated carbocycles. The van der Waals surface area contributed by atoms with E-state index >= 15 is 0 Å². The number of nitrogens with one attached hydrogen (secondary N) is 1. The van der Waals surface area contributed by atoms with Crippen molar-refractivity contribution in [2.24, 2.45) is 0 Å². The molecular weight excluding hydrogens is 428 g/mol. The number of carbonyl (C=O) groups excluding carboxylic acids is 1. The molecule has 0 aliphatic heterocycles. The number of hydrogen-bond acceptors (Lipinski definition) is 5. The summed E-state index contributed by atoms with van der Waals surface area (Å²) < 4.78 is 12.2. The first-order chi connectivity index (χ1) is 15.5. The molecule has 1 N–H and O–H groups in total. The van der Waals surface area contributed by atoms with Gasteiger partial charge in [0.15, 0.2) is 5.82 Å². The van der Waals surface area contributed by atoms with Crippen molar-refractivity contribution < 1.29 is 14.3 Å². The van der Waals surface area contributed by atoms with Crippen LogP contribution in [-0.4, -0.2) is 34.9 Å². The fraction of sp³-hybridized carbons (Fsp3) is 0.125. The second-order valence-corrected chi connectivity index (χ2v) is 7.48. The molecule has 162 valence electrons. The van der Waals surface area contributed by atoms with E-state index in [4.69, 9.17) is 21.1 Å². The smallest absolute Gasteiger partial charge is 0.295 e. The van der Waals surface area contributed by atoms with Gasteiger partial charge in [-0.3, -0.25) is 4.79 Å².